The Kier molecular flexibility index (Phi) is 3.71. The van der Waals surface area contributed by atoms with E-state index in [1.54, 1.807) is 18.2 Å². The lowest BCUT2D eigenvalue weighted by Gasteiger charge is -2.19. The maximum absolute atomic E-state index is 11.9. The number of amides is 2. The van der Waals surface area contributed by atoms with Crippen molar-refractivity contribution in [2.45, 2.75) is 13.3 Å². The number of ketones is 1. The van der Waals surface area contributed by atoms with Crippen LogP contribution in [0.5, 0.6) is 0 Å². The summed E-state index contributed by atoms with van der Waals surface area (Å²) >= 11 is 3.29. The zero-order valence-electron chi connectivity index (χ0n) is 10.4. The maximum atomic E-state index is 11.9. The molecule has 0 aromatic heterocycles. The van der Waals surface area contributed by atoms with E-state index in [1.165, 1.54) is 11.8 Å². The Morgan fingerprint density at radius 1 is 1.42 bits per heavy atom. The van der Waals surface area contributed by atoms with Crippen molar-refractivity contribution in [2.24, 2.45) is 11.7 Å². The molecule has 2 rings (SSSR count). The number of carbonyl (C=O) groups excluding carboxylic acids is 3. The number of hydrogen-bond donors (Lipinski definition) is 1. The predicted octanol–water partition coefficient (Wildman–Crippen LogP) is 1.49. The molecule has 1 aliphatic rings. The number of halogens is 1. The van der Waals surface area contributed by atoms with E-state index < -0.39 is 11.8 Å². The second-order valence-electron chi connectivity index (χ2n) is 4.53. The summed E-state index contributed by atoms with van der Waals surface area (Å²) in [6.07, 6.45) is 0.0999. The summed E-state index contributed by atoms with van der Waals surface area (Å²) in [6, 6.07) is 5.12. The van der Waals surface area contributed by atoms with Crippen molar-refractivity contribution < 1.29 is 14.4 Å². The molecule has 1 atom stereocenters. The highest BCUT2D eigenvalue weighted by Gasteiger charge is 2.35. The number of anilines is 1. The molecule has 1 aromatic rings. The van der Waals surface area contributed by atoms with Crippen molar-refractivity contribution in [2.75, 3.05) is 11.4 Å². The molecule has 0 saturated carbocycles. The van der Waals surface area contributed by atoms with Crippen LogP contribution in [0, 0.1) is 5.92 Å². The standard InChI is InChI=1S/C13H13BrN2O3/c1-7(17)10-5-9(14)2-3-11(10)16-6-8(13(15)19)4-12(16)18/h2-3,5,8H,4,6H2,1H3,(H2,15,19). The Balaban J connectivity index is 2.40. The largest absolute Gasteiger partial charge is 0.369 e. The van der Waals surface area contributed by atoms with Gasteiger partial charge in [-0.1, -0.05) is 15.9 Å². The molecule has 1 saturated heterocycles. The SMILES string of the molecule is CC(=O)c1cc(Br)ccc1N1CC(C(N)=O)CC1=O. The molecule has 0 radical (unpaired) electrons. The third-order valence-electron chi connectivity index (χ3n) is 3.16. The van der Waals surface area contributed by atoms with Crippen molar-refractivity contribution in [1.82, 2.24) is 0 Å². The zero-order chi connectivity index (χ0) is 14.2. The summed E-state index contributed by atoms with van der Waals surface area (Å²) in [5, 5.41) is 0. The molecule has 1 aromatic carbocycles. The van der Waals surface area contributed by atoms with E-state index >= 15 is 0 Å². The number of benzene rings is 1. The molecule has 1 aliphatic heterocycles. The predicted molar refractivity (Wildman–Crippen MR) is 73.8 cm³/mol. The lowest BCUT2D eigenvalue weighted by atomic mass is 10.1. The van der Waals surface area contributed by atoms with Gasteiger partial charge in [-0.2, -0.15) is 0 Å². The Bertz CT molecular complexity index is 571. The Hall–Kier alpha value is -1.69. The number of nitrogens with two attached hydrogens (primary N) is 1. The normalized spacial score (nSPS) is 18.7. The Labute approximate surface area is 118 Å². The molecule has 5 nitrogen and oxygen atoms in total. The van der Waals surface area contributed by atoms with Crippen LogP contribution in [0.2, 0.25) is 0 Å². The van der Waals surface area contributed by atoms with E-state index in [0.717, 1.165) is 4.47 Å². The highest BCUT2D eigenvalue weighted by atomic mass is 79.9. The second-order valence-corrected chi connectivity index (χ2v) is 5.44. The summed E-state index contributed by atoms with van der Waals surface area (Å²) in [6.45, 7) is 1.67. The van der Waals surface area contributed by atoms with Crippen molar-refractivity contribution in [1.29, 1.82) is 0 Å². The van der Waals surface area contributed by atoms with E-state index in [4.69, 9.17) is 5.73 Å². The highest BCUT2D eigenvalue weighted by Crippen LogP contribution is 2.30. The number of hydrogen-bond acceptors (Lipinski definition) is 3. The summed E-state index contributed by atoms with van der Waals surface area (Å²) in [5.74, 6) is -1.30. The van der Waals surface area contributed by atoms with Gasteiger partial charge >= 0.3 is 0 Å². The number of nitrogens with zero attached hydrogens (tertiary/aromatic N) is 1. The smallest absolute Gasteiger partial charge is 0.227 e. The van der Waals surface area contributed by atoms with Crippen molar-refractivity contribution in [3.05, 3.63) is 28.2 Å². The second kappa shape index (κ2) is 5.13. The van der Waals surface area contributed by atoms with Crippen LogP contribution in [0.4, 0.5) is 5.69 Å². The third-order valence-corrected chi connectivity index (χ3v) is 3.65. The van der Waals surface area contributed by atoms with Crippen LogP contribution in [0.15, 0.2) is 22.7 Å². The van der Waals surface area contributed by atoms with Crippen molar-refractivity contribution in [3.8, 4) is 0 Å². The van der Waals surface area contributed by atoms with Gasteiger partial charge in [-0.05, 0) is 25.1 Å². The molecule has 0 aliphatic carbocycles. The zero-order valence-corrected chi connectivity index (χ0v) is 11.9. The molecular formula is C13H13BrN2O3. The average molecular weight is 325 g/mol. The van der Waals surface area contributed by atoms with Gasteiger partial charge in [0.1, 0.15) is 0 Å². The van der Waals surface area contributed by atoms with E-state index in [-0.39, 0.29) is 24.7 Å². The number of rotatable bonds is 3. The summed E-state index contributed by atoms with van der Waals surface area (Å²) in [5.41, 5.74) is 6.21. The van der Waals surface area contributed by atoms with Gasteiger partial charge in [0.05, 0.1) is 11.6 Å². The van der Waals surface area contributed by atoms with Gasteiger partial charge in [0.15, 0.2) is 5.78 Å². The molecule has 1 fully saturated rings. The summed E-state index contributed by atoms with van der Waals surface area (Å²) < 4.78 is 0.763. The third kappa shape index (κ3) is 2.68. The van der Waals surface area contributed by atoms with E-state index in [1.807, 2.05) is 0 Å². The van der Waals surface area contributed by atoms with Gasteiger partial charge in [-0.25, -0.2) is 0 Å². The van der Waals surface area contributed by atoms with Crippen LogP contribution in [0.3, 0.4) is 0 Å². The summed E-state index contributed by atoms with van der Waals surface area (Å²) in [7, 11) is 0. The number of primary amides is 1. The molecular weight excluding hydrogens is 312 g/mol. The van der Waals surface area contributed by atoms with Gasteiger partial charge in [-0.15, -0.1) is 0 Å². The number of carbonyl (C=O) groups is 3. The summed E-state index contributed by atoms with van der Waals surface area (Å²) in [4.78, 5) is 36.2. The molecule has 0 spiro atoms. The molecule has 2 N–H and O–H groups in total. The van der Waals surface area contributed by atoms with Gasteiger partial charge in [0.2, 0.25) is 11.8 Å². The fraction of sp³-hybridized carbons (Fsp3) is 0.308. The monoisotopic (exact) mass is 324 g/mol. The van der Waals surface area contributed by atoms with E-state index in [2.05, 4.69) is 15.9 Å². The first-order valence-electron chi connectivity index (χ1n) is 5.80. The van der Waals surface area contributed by atoms with Crippen LogP contribution in [-0.4, -0.2) is 24.1 Å². The minimum atomic E-state index is -0.490. The first-order valence-corrected chi connectivity index (χ1v) is 6.59. The fourth-order valence-corrected chi connectivity index (χ4v) is 2.52. The Morgan fingerprint density at radius 3 is 2.63 bits per heavy atom. The molecule has 100 valence electrons. The first-order chi connectivity index (χ1) is 8.90. The van der Waals surface area contributed by atoms with Crippen LogP contribution in [0.1, 0.15) is 23.7 Å². The fourth-order valence-electron chi connectivity index (χ4n) is 2.16. The molecule has 19 heavy (non-hydrogen) atoms. The van der Waals surface area contributed by atoms with Crippen LogP contribution in [-0.2, 0) is 9.59 Å². The molecule has 0 bridgehead atoms. The van der Waals surface area contributed by atoms with Gasteiger partial charge < -0.3 is 10.6 Å². The topological polar surface area (TPSA) is 80.5 Å². The lowest BCUT2D eigenvalue weighted by Crippen LogP contribution is -2.29. The van der Waals surface area contributed by atoms with Crippen LogP contribution in [0.25, 0.3) is 0 Å². The lowest BCUT2D eigenvalue weighted by molar-refractivity contribution is -0.123. The van der Waals surface area contributed by atoms with E-state index in [0.29, 0.717) is 11.3 Å². The van der Waals surface area contributed by atoms with Crippen molar-refractivity contribution in [3.63, 3.8) is 0 Å². The minimum absolute atomic E-state index is 0.0999. The quantitative estimate of drug-likeness (QED) is 0.855. The Morgan fingerprint density at radius 2 is 2.11 bits per heavy atom. The molecule has 6 heteroatoms. The first kappa shape index (κ1) is 13.7. The van der Waals surface area contributed by atoms with Gasteiger partial charge in [-0.3, -0.25) is 14.4 Å². The van der Waals surface area contributed by atoms with Crippen molar-refractivity contribution >= 4 is 39.2 Å². The minimum Gasteiger partial charge on any atom is -0.369 e. The molecule has 1 heterocycles. The van der Waals surface area contributed by atoms with Crippen LogP contribution < -0.4 is 10.6 Å². The highest BCUT2D eigenvalue weighted by molar-refractivity contribution is 9.10. The van der Waals surface area contributed by atoms with Crippen LogP contribution >= 0.6 is 15.9 Å². The maximum Gasteiger partial charge on any atom is 0.227 e. The molecule has 1 unspecified atom stereocenters. The van der Waals surface area contributed by atoms with Gasteiger partial charge in [0.25, 0.3) is 0 Å². The average Bonchev–Trinajstić information content (AvgIpc) is 2.71. The molecule has 2 amide bonds. The van der Waals surface area contributed by atoms with E-state index in [9.17, 15) is 14.4 Å². The number of Topliss-reactive ketones (excluding diaryl/α,β-unsaturated/α-hetero) is 1. The van der Waals surface area contributed by atoms with Gasteiger partial charge in [0, 0.05) is 23.0 Å².